The third-order valence-electron chi connectivity index (χ3n) is 6.46. The highest BCUT2D eigenvalue weighted by Gasteiger charge is 2.28. The average Bonchev–Trinajstić information content (AvgIpc) is 3.45. The Morgan fingerprint density at radius 1 is 1.06 bits per heavy atom. The topological polar surface area (TPSA) is 60.5 Å². The zero-order valence-electron chi connectivity index (χ0n) is 17.7. The monoisotopic (exact) mass is 444 g/mol. The van der Waals surface area contributed by atoms with E-state index in [1.807, 2.05) is 54.2 Å². The van der Waals surface area contributed by atoms with Crippen molar-refractivity contribution in [2.45, 2.75) is 31.7 Å². The number of nitrogens with zero attached hydrogens (tertiary/aromatic N) is 1. The van der Waals surface area contributed by atoms with E-state index in [2.05, 4.69) is 11.4 Å². The third kappa shape index (κ3) is 3.52. The van der Waals surface area contributed by atoms with Crippen LogP contribution in [-0.2, 0) is 6.42 Å². The second kappa shape index (κ2) is 8.17. The fourth-order valence-corrected chi connectivity index (χ4v) is 5.95. The number of carbonyl (C=O) groups is 1. The van der Waals surface area contributed by atoms with Gasteiger partial charge in [-0.25, -0.2) is 4.98 Å². The van der Waals surface area contributed by atoms with Gasteiger partial charge in [0.1, 0.15) is 0 Å². The van der Waals surface area contributed by atoms with Gasteiger partial charge in [0, 0.05) is 11.4 Å². The molecule has 3 aliphatic rings. The zero-order chi connectivity index (χ0) is 21.5. The van der Waals surface area contributed by atoms with E-state index < -0.39 is 0 Å². The maximum Gasteiger partial charge on any atom is 0.252 e. The number of rotatable bonds is 3. The van der Waals surface area contributed by atoms with Crippen molar-refractivity contribution in [3.05, 3.63) is 64.8 Å². The highest BCUT2D eigenvalue weighted by molar-refractivity contribution is 7.99. The van der Waals surface area contributed by atoms with E-state index in [-0.39, 0.29) is 18.7 Å². The van der Waals surface area contributed by atoms with Gasteiger partial charge in [-0.1, -0.05) is 24.3 Å². The van der Waals surface area contributed by atoms with Crippen LogP contribution in [0.25, 0.3) is 22.6 Å². The molecule has 1 fully saturated rings. The van der Waals surface area contributed by atoms with Gasteiger partial charge in [0.2, 0.25) is 6.79 Å². The Hall–Kier alpha value is -2.99. The fourth-order valence-electron chi connectivity index (χ4n) is 4.84. The number of hydrogen-bond donors (Lipinski definition) is 1. The number of nitrogens with one attached hydrogen (secondary N) is 1. The molecule has 3 aromatic rings. The van der Waals surface area contributed by atoms with Crippen molar-refractivity contribution in [1.82, 2.24) is 10.3 Å². The maximum absolute atomic E-state index is 13.5. The number of para-hydroxylation sites is 1. The van der Waals surface area contributed by atoms with Gasteiger partial charge in [-0.2, -0.15) is 11.8 Å². The first-order valence-corrected chi connectivity index (χ1v) is 12.3. The largest absolute Gasteiger partial charge is 0.454 e. The maximum atomic E-state index is 13.5. The molecule has 1 N–H and O–H groups in total. The lowest BCUT2D eigenvalue weighted by atomic mass is 9.99. The SMILES string of the molecule is O=C(NC1CCSCC1)c1c2c(nc3ccccc13)/C(=C\c1ccc3c(c1)OCO3)CC2. The van der Waals surface area contributed by atoms with Crippen LogP contribution < -0.4 is 14.8 Å². The molecule has 0 radical (unpaired) electrons. The molecule has 1 saturated heterocycles. The molecule has 1 aliphatic carbocycles. The Bertz CT molecular complexity index is 1250. The smallest absolute Gasteiger partial charge is 0.252 e. The van der Waals surface area contributed by atoms with E-state index in [4.69, 9.17) is 14.5 Å². The van der Waals surface area contributed by atoms with E-state index in [1.54, 1.807) is 0 Å². The van der Waals surface area contributed by atoms with Gasteiger partial charge in [-0.05, 0) is 78.2 Å². The standard InChI is InChI=1S/C26H24N2O3S/c29-26(27-18-9-11-32-12-10-18)24-19-3-1-2-4-21(19)28-25-17(6-7-20(24)25)13-16-5-8-22-23(14-16)31-15-30-22/h1-5,8,13-14,18H,6-7,9-12,15H2,(H,27,29)/b17-13-. The summed E-state index contributed by atoms with van der Waals surface area (Å²) in [7, 11) is 0. The summed E-state index contributed by atoms with van der Waals surface area (Å²) in [6.45, 7) is 0.268. The summed E-state index contributed by atoms with van der Waals surface area (Å²) in [5, 5.41) is 4.26. The number of carbonyl (C=O) groups excluding carboxylic acids is 1. The summed E-state index contributed by atoms with van der Waals surface area (Å²) in [6, 6.07) is 14.2. The summed E-state index contributed by atoms with van der Waals surface area (Å²) in [5.74, 6) is 3.82. The summed E-state index contributed by atoms with van der Waals surface area (Å²) >= 11 is 1.97. The molecule has 0 unspecified atom stereocenters. The second-order valence-electron chi connectivity index (χ2n) is 8.47. The molecule has 0 saturated carbocycles. The molecular weight excluding hydrogens is 420 g/mol. The summed E-state index contributed by atoms with van der Waals surface area (Å²) in [4.78, 5) is 18.5. The van der Waals surface area contributed by atoms with Crippen molar-refractivity contribution in [1.29, 1.82) is 0 Å². The van der Waals surface area contributed by atoms with Gasteiger partial charge < -0.3 is 14.8 Å². The number of hydrogen-bond acceptors (Lipinski definition) is 5. The van der Waals surface area contributed by atoms with Crippen LogP contribution in [0.15, 0.2) is 42.5 Å². The minimum absolute atomic E-state index is 0.0427. The molecule has 1 aromatic heterocycles. The lowest BCUT2D eigenvalue weighted by molar-refractivity contribution is 0.0935. The van der Waals surface area contributed by atoms with E-state index in [0.29, 0.717) is 0 Å². The average molecular weight is 445 g/mol. The highest BCUT2D eigenvalue weighted by Crippen LogP contribution is 2.39. The molecule has 2 aliphatic heterocycles. The van der Waals surface area contributed by atoms with Crippen LogP contribution in [-0.4, -0.2) is 35.2 Å². The predicted molar refractivity (Wildman–Crippen MR) is 128 cm³/mol. The number of allylic oxidation sites excluding steroid dienone is 1. The van der Waals surface area contributed by atoms with Crippen LogP contribution in [0.1, 0.15) is 46.4 Å². The van der Waals surface area contributed by atoms with Crippen LogP contribution >= 0.6 is 11.8 Å². The Kier molecular flexibility index (Phi) is 5.02. The van der Waals surface area contributed by atoms with Gasteiger partial charge in [0.05, 0.1) is 16.8 Å². The Labute approximate surface area is 191 Å². The molecule has 5 nitrogen and oxygen atoms in total. The fraction of sp³-hybridized carbons (Fsp3) is 0.308. The molecule has 32 heavy (non-hydrogen) atoms. The molecule has 162 valence electrons. The van der Waals surface area contributed by atoms with Gasteiger partial charge in [0.25, 0.3) is 5.91 Å². The van der Waals surface area contributed by atoms with E-state index in [9.17, 15) is 4.79 Å². The predicted octanol–water partition coefficient (Wildman–Crippen LogP) is 5.08. The summed E-state index contributed by atoms with van der Waals surface area (Å²) < 4.78 is 11.0. The summed E-state index contributed by atoms with van der Waals surface area (Å²) in [6.07, 6.45) is 5.93. The lowest BCUT2D eigenvalue weighted by Gasteiger charge is -2.23. The lowest BCUT2D eigenvalue weighted by Crippen LogP contribution is -2.37. The van der Waals surface area contributed by atoms with Crippen molar-refractivity contribution in [2.24, 2.45) is 0 Å². The van der Waals surface area contributed by atoms with Crippen molar-refractivity contribution in [2.75, 3.05) is 18.3 Å². The van der Waals surface area contributed by atoms with E-state index in [0.717, 1.165) is 87.5 Å². The Morgan fingerprint density at radius 2 is 1.91 bits per heavy atom. The van der Waals surface area contributed by atoms with Crippen molar-refractivity contribution < 1.29 is 14.3 Å². The van der Waals surface area contributed by atoms with Crippen molar-refractivity contribution in [3.8, 4) is 11.5 Å². The van der Waals surface area contributed by atoms with Crippen LogP contribution in [0.4, 0.5) is 0 Å². The van der Waals surface area contributed by atoms with Gasteiger partial charge in [0.15, 0.2) is 11.5 Å². The van der Waals surface area contributed by atoms with Crippen molar-refractivity contribution in [3.63, 3.8) is 0 Å². The molecule has 6 rings (SSSR count). The first-order chi connectivity index (χ1) is 15.8. The molecular formula is C26H24N2O3S. The van der Waals surface area contributed by atoms with Crippen LogP contribution in [0.2, 0.25) is 0 Å². The van der Waals surface area contributed by atoms with Gasteiger partial charge in [-0.3, -0.25) is 4.79 Å². The molecule has 0 atom stereocenters. The number of fused-ring (bicyclic) bond motifs is 3. The highest BCUT2D eigenvalue weighted by atomic mass is 32.2. The number of thioether (sulfide) groups is 1. The van der Waals surface area contributed by atoms with E-state index >= 15 is 0 Å². The number of amides is 1. The molecule has 1 amide bonds. The number of ether oxygens (including phenoxy) is 2. The quantitative estimate of drug-likeness (QED) is 0.611. The molecule has 2 aromatic carbocycles. The first-order valence-electron chi connectivity index (χ1n) is 11.2. The van der Waals surface area contributed by atoms with Crippen molar-refractivity contribution >= 4 is 40.2 Å². The second-order valence-corrected chi connectivity index (χ2v) is 9.70. The first kappa shape index (κ1) is 19.7. The van der Waals surface area contributed by atoms with Gasteiger partial charge in [-0.15, -0.1) is 0 Å². The normalized spacial score (nSPS) is 18.8. The molecule has 3 heterocycles. The minimum atomic E-state index is 0.0427. The number of pyridine rings is 1. The minimum Gasteiger partial charge on any atom is -0.454 e. The molecule has 0 bridgehead atoms. The molecule has 6 heteroatoms. The Balaban J connectivity index is 1.41. The summed E-state index contributed by atoms with van der Waals surface area (Å²) in [5.41, 5.74) is 5.90. The third-order valence-corrected chi connectivity index (χ3v) is 7.51. The van der Waals surface area contributed by atoms with Crippen LogP contribution in [0, 0.1) is 0 Å². The number of aromatic nitrogens is 1. The molecule has 0 spiro atoms. The number of benzene rings is 2. The van der Waals surface area contributed by atoms with Crippen LogP contribution in [0.3, 0.4) is 0 Å². The Morgan fingerprint density at radius 3 is 2.81 bits per heavy atom. The zero-order valence-corrected chi connectivity index (χ0v) is 18.5. The van der Waals surface area contributed by atoms with E-state index in [1.165, 1.54) is 0 Å². The van der Waals surface area contributed by atoms with Crippen LogP contribution in [0.5, 0.6) is 11.5 Å². The van der Waals surface area contributed by atoms with Gasteiger partial charge >= 0.3 is 0 Å².